The van der Waals surface area contributed by atoms with Crippen LogP contribution in [0.5, 0.6) is 0 Å². The maximum Gasteiger partial charge on any atom is -0.0140 e. The molecule has 0 nitrogen and oxygen atoms in total. The molecule has 2 fully saturated rings. The quantitative estimate of drug-likeness (QED) is 0.377. The SMILES string of the molecule is CC1(C)CCC(c2c3ccccc3c(C3CCC(C)(C)CC3)c3ccccc23)CC1. The van der Waals surface area contributed by atoms with Crippen LogP contribution in [0.15, 0.2) is 48.5 Å². The summed E-state index contributed by atoms with van der Waals surface area (Å²) < 4.78 is 0. The molecule has 158 valence electrons. The van der Waals surface area contributed by atoms with E-state index in [1.807, 2.05) is 0 Å². The Kier molecular flexibility index (Phi) is 4.96. The highest BCUT2D eigenvalue weighted by Gasteiger charge is 2.32. The molecule has 0 aromatic heterocycles. The molecule has 2 aliphatic rings. The molecule has 30 heavy (non-hydrogen) atoms. The van der Waals surface area contributed by atoms with Gasteiger partial charge in [-0.25, -0.2) is 0 Å². The van der Waals surface area contributed by atoms with Gasteiger partial charge in [-0.2, -0.15) is 0 Å². The van der Waals surface area contributed by atoms with Crippen LogP contribution in [0.2, 0.25) is 0 Å². The zero-order valence-electron chi connectivity index (χ0n) is 19.4. The highest BCUT2D eigenvalue weighted by Crippen LogP contribution is 2.50. The highest BCUT2D eigenvalue weighted by molar-refractivity contribution is 6.06. The largest absolute Gasteiger partial charge is 0.0616 e. The molecule has 3 aromatic carbocycles. The Morgan fingerprint density at radius 3 is 1.03 bits per heavy atom. The van der Waals surface area contributed by atoms with E-state index >= 15 is 0 Å². The summed E-state index contributed by atoms with van der Waals surface area (Å²) in [6.07, 6.45) is 10.7. The Hall–Kier alpha value is -1.82. The first-order chi connectivity index (χ1) is 14.3. The van der Waals surface area contributed by atoms with Crippen molar-refractivity contribution >= 4 is 21.5 Å². The fourth-order valence-electron chi connectivity index (χ4n) is 6.45. The van der Waals surface area contributed by atoms with E-state index in [-0.39, 0.29) is 0 Å². The third-order valence-electron chi connectivity index (χ3n) is 8.51. The van der Waals surface area contributed by atoms with Gasteiger partial charge in [0, 0.05) is 0 Å². The fourth-order valence-corrected chi connectivity index (χ4v) is 6.45. The third kappa shape index (κ3) is 3.57. The molecule has 0 unspecified atom stereocenters. The molecule has 0 heterocycles. The van der Waals surface area contributed by atoms with Crippen LogP contribution in [0.25, 0.3) is 21.5 Å². The van der Waals surface area contributed by atoms with E-state index in [4.69, 9.17) is 0 Å². The van der Waals surface area contributed by atoms with Crippen molar-refractivity contribution in [2.24, 2.45) is 10.8 Å². The molecule has 0 saturated heterocycles. The van der Waals surface area contributed by atoms with E-state index < -0.39 is 0 Å². The van der Waals surface area contributed by atoms with E-state index in [0.717, 1.165) is 0 Å². The fraction of sp³-hybridized carbons (Fsp3) is 0.533. The summed E-state index contributed by atoms with van der Waals surface area (Å²) in [7, 11) is 0. The molecular formula is C30H38. The van der Waals surface area contributed by atoms with Crippen LogP contribution in [0, 0.1) is 10.8 Å². The number of hydrogen-bond acceptors (Lipinski definition) is 0. The molecule has 0 amide bonds. The van der Waals surface area contributed by atoms with Gasteiger partial charge in [0.1, 0.15) is 0 Å². The molecule has 0 bridgehead atoms. The van der Waals surface area contributed by atoms with Gasteiger partial charge in [-0.15, -0.1) is 0 Å². The second kappa shape index (κ2) is 7.40. The molecule has 0 aliphatic heterocycles. The minimum Gasteiger partial charge on any atom is -0.0616 e. The highest BCUT2D eigenvalue weighted by atomic mass is 14.4. The summed E-state index contributed by atoms with van der Waals surface area (Å²) in [5.74, 6) is 1.40. The summed E-state index contributed by atoms with van der Waals surface area (Å²) in [5, 5.41) is 6.17. The average molecular weight is 399 g/mol. The van der Waals surface area contributed by atoms with Gasteiger partial charge in [0.05, 0.1) is 0 Å². The lowest BCUT2D eigenvalue weighted by Crippen LogP contribution is -2.21. The predicted octanol–water partition coefficient (Wildman–Crippen LogP) is 9.36. The van der Waals surface area contributed by atoms with Gasteiger partial charge in [0.25, 0.3) is 0 Å². The van der Waals surface area contributed by atoms with E-state index in [2.05, 4.69) is 76.2 Å². The summed E-state index contributed by atoms with van der Waals surface area (Å²) in [6, 6.07) is 18.8. The smallest absolute Gasteiger partial charge is 0.0140 e. The molecule has 0 atom stereocenters. The van der Waals surface area contributed by atoms with Crippen LogP contribution in [-0.4, -0.2) is 0 Å². The van der Waals surface area contributed by atoms with Crippen molar-refractivity contribution < 1.29 is 0 Å². The van der Waals surface area contributed by atoms with Crippen LogP contribution in [0.3, 0.4) is 0 Å². The van der Waals surface area contributed by atoms with E-state index in [1.54, 1.807) is 32.7 Å². The average Bonchev–Trinajstić information content (AvgIpc) is 2.73. The lowest BCUT2D eigenvalue weighted by molar-refractivity contribution is 0.224. The first-order valence-corrected chi connectivity index (χ1v) is 12.3. The monoisotopic (exact) mass is 398 g/mol. The normalized spacial score (nSPS) is 22.5. The predicted molar refractivity (Wildman–Crippen MR) is 131 cm³/mol. The van der Waals surface area contributed by atoms with Crippen molar-refractivity contribution in [2.75, 3.05) is 0 Å². The second-order valence-electron chi connectivity index (χ2n) is 11.8. The number of hydrogen-bond donors (Lipinski definition) is 0. The van der Waals surface area contributed by atoms with Gasteiger partial charge >= 0.3 is 0 Å². The van der Waals surface area contributed by atoms with E-state index in [0.29, 0.717) is 22.7 Å². The van der Waals surface area contributed by atoms with Crippen LogP contribution in [0.1, 0.15) is 102 Å². The van der Waals surface area contributed by atoms with Crippen LogP contribution >= 0.6 is 0 Å². The van der Waals surface area contributed by atoms with Gasteiger partial charge in [-0.1, -0.05) is 76.2 Å². The Bertz CT molecular complexity index is 905. The third-order valence-corrected chi connectivity index (χ3v) is 8.51. The van der Waals surface area contributed by atoms with E-state index in [9.17, 15) is 0 Å². The zero-order valence-corrected chi connectivity index (χ0v) is 19.4. The van der Waals surface area contributed by atoms with Gasteiger partial charge < -0.3 is 0 Å². The van der Waals surface area contributed by atoms with E-state index in [1.165, 1.54) is 51.4 Å². The minimum absolute atomic E-state index is 0.511. The maximum atomic E-state index is 2.45. The first kappa shape index (κ1) is 20.1. The van der Waals surface area contributed by atoms with Gasteiger partial charge in [-0.3, -0.25) is 0 Å². The van der Waals surface area contributed by atoms with Gasteiger partial charge in [0.15, 0.2) is 0 Å². The minimum atomic E-state index is 0.511. The molecule has 3 aromatic rings. The van der Waals surface area contributed by atoms with Gasteiger partial charge in [-0.05, 0) is 107 Å². The molecule has 0 heteroatoms. The number of rotatable bonds is 2. The van der Waals surface area contributed by atoms with Crippen molar-refractivity contribution in [1.29, 1.82) is 0 Å². The number of benzene rings is 3. The second-order valence-corrected chi connectivity index (χ2v) is 11.8. The molecule has 0 N–H and O–H groups in total. The van der Waals surface area contributed by atoms with Crippen molar-refractivity contribution in [3.63, 3.8) is 0 Å². The Labute approximate surface area is 183 Å². The molecule has 2 saturated carbocycles. The first-order valence-electron chi connectivity index (χ1n) is 12.3. The molecular weight excluding hydrogens is 360 g/mol. The van der Waals surface area contributed by atoms with Crippen molar-refractivity contribution in [2.45, 2.75) is 90.9 Å². The lowest BCUT2D eigenvalue weighted by Gasteiger charge is -2.37. The van der Waals surface area contributed by atoms with Gasteiger partial charge in [0.2, 0.25) is 0 Å². The summed E-state index contributed by atoms with van der Waals surface area (Å²) in [4.78, 5) is 0. The van der Waals surface area contributed by atoms with Crippen LogP contribution in [0.4, 0.5) is 0 Å². The molecule has 5 rings (SSSR count). The van der Waals surface area contributed by atoms with Crippen LogP contribution in [-0.2, 0) is 0 Å². The zero-order chi connectivity index (χ0) is 20.9. The van der Waals surface area contributed by atoms with Crippen molar-refractivity contribution in [3.8, 4) is 0 Å². The maximum absolute atomic E-state index is 2.45. The topological polar surface area (TPSA) is 0 Å². The Morgan fingerprint density at radius 2 is 0.767 bits per heavy atom. The number of fused-ring (bicyclic) bond motifs is 2. The molecule has 0 radical (unpaired) electrons. The summed E-state index contributed by atoms with van der Waals surface area (Å²) >= 11 is 0. The van der Waals surface area contributed by atoms with Crippen LogP contribution < -0.4 is 0 Å². The van der Waals surface area contributed by atoms with Crippen molar-refractivity contribution in [1.82, 2.24) is 0 Å². The summed E-state index contributed by atoms with van der Waals surface area (Å²) in [5.41, 5.74) is 4.32. The standard InChI is InChI=1S/C30H38/c1-29(2)17-13-21(14-18-29)27-23-9-5-7-11-25(23)28(26-12-8-6-10-24(26)27)22-15-19-30(3,4)20-16-22/h5-12,21-22H,13-20H2,1-4H3. The lowest BCUT2D eigenvalue weighted by atomic mass is 9.67. The Morgan fingerprint density at radius 1 is 0.500 bits per heavy atom. The molecule has 0 spiro atoms. The molecule has 2 aliphatic carbocycles. The summed E-state index contributed by atoms with van der Waals surface area (Å²) in [6.45, 7) is 9.81. The van der Waals surface area contributed by atoms with Crippen molar-refractivity contribution in [3.05, 3.63) is 59.7 Å². The Balaban J connectivity index is 1.69.